The molecule has 0 atom stereocenters. The predicted octanol–water partition coefficient (Wildman–Crippen LogP) is 2.83. The van der Waals surface area contributed by atoms with Crippen LogP contribution in [0.25, 0.3) is 0 Å². The van der Waals surface area contributed by atoms with Crippen molar-refractivity contribution in [2.24, 2.45) is 0 Å². The summed E-state index contributed by atoms with van der Waals surface area (Å²) < 4.78 is 1.86. The van der Waals surface area contributed by atoms with Crippen molar-refractivity contribution in [1.29, 1.82) is 0 Å². The highest BCUT2D eigenvalue weighted by atomic mass is 79.9. The smallest absolute Gasteiger partial charge is 0.238 e. The van der Waals surface area contributed by atoms with Gasteiger partial charge in [0.1, 0.15) is 0 Å². The lowest BCUT2D eigenvalue weighted by Crippen LogP contribution is -2.58. The second-order valence-electron chi connectivity index (χ2n) is 4.95. The Balaban J connectivity index is 1.93. The summed E-state index contributed by atoms with van der Waals surface area (Å²) in [7, 11) is 0. The Morgan fingerprint density at radius 2 is 2.20 bits per heavy atom. The summed E-state index contributed by atoms with van der Waals surface area (Å²) in [4.78, 5) is 14.4. The SMILES string of the molecule is CCCN(CC(=O)Nc1ccc(Br)cc1Br)C1CNC1. The van der Waals surface area contributed by atoms with Crippen LogP contribution in [0.5, 0.6) is 0 Å². The number of carbonyl (C=O) groups is 1. The third-order valence-electron chi connectivity index (χ3n) is 3.34. The highest BCUT2D eigenvalue weighted by molar-refractivity contribution is 9.11. The zero-order valence-electron chi connectivity index (χ0n) is 11.5. The minimum absolute atomic E-state index is 0.0355. The summed E-state index contributed by atoms with van der Waals surface area (Å²) in [5.74, 6) is 0.0355. The first kappa shape index (κ1) is 15.9. The van der Waals surface area contributed by atoms with E-state index < -0.39 is 0 Å². The number of anilines is 1. The molecule has 1 aromatic rings. The average molecular weight is 405 g/mol. The minimum atomic E-state index is 0.0355. The molecule has 1 aliphatic heterocycles. The number of nitrogens with one attached hydrogen (secondary N) is 2. The first-order valence-corrected chi connectivity index (χ1v) is 8.38. The fourth-order valence-corrected chi connectivity index (χ4v) is 3.32. The Morgan fingerprint density at radius 3 is 2.75 bits per heavy atom. The predicted molar refractivity (Wildman–Crippen MR) is 89.0 cm³/mol. The van der Waals surface area contributed by atoms with Gasteiger partial charge in [-0.3, -0.25) is 9.69 Å². The number of hydrogen-bond donors (Lipinski definition) is 2. The molecule has 0 aliphatic carbocycles. The zero-order chi connectivity index (χ0) is 14.5. The van der Waals surface area contributed by atoms with Crippen LogP contribution in [-0.4, -0.2) is 43.0 Å². The van der Waals surface area contributed by atoms with Crippen molar-refractivity contribution in [3.63, 3.8) is 0 Å². The maximum absolute atomic E-state index is 12.2. The summed E-state index contributed by atoms with van der Waals surface area (Å²) in [6, 6.07) is 6.23. The van der Waals surface area contributed by atoms with E-state index in [9.17, 15) is 4.79 Å². The number of hydrogen-bond acceptors (Lipinski definition) is 3. The minimum Gasteiger partial charge on any atom is -0.324 e. The topological polar surface area (TPSA) is 44.4 Å². The molecule has 0 unspecified atom stereocenters. The molecule has 1 fully saturated rings. The van der Waals surface area contributed by atoms with Crippen LogP contribution in [0.2, 0.25) is 0 Å². The van der Waals surface area contributed by atoms with Gasteiger partial charge in [-0.1, -0.05) is 22.9 Å². The number of nitrogens with zero attached hydrogens (tertiary/aromatic N) is 1. The molecule has 1 amide bonds. The van der Waals surface area contributed by atoms with Gasteiger partial charge in [0.15, 0.2) is 0 Å². The summed E-state index contributed by atoms with van der Waals surface area (Å²) >= 11 is 6.86. The fraction of sp³-hybridized carbons (Fsp3) is 0.500. The second-order valence-corrected chi connectivity index (χ2v) is 6.72. The Morgan fingerprint density at radius 1 is 1.45 bits per heavy atom. The maximum Gasteiger partial charge on any atom is 0.238 e. The molecule has 0 radical (unpaired) electrons. The van der Waals surface area contributed by atoms with E-state index in [4.69, 9.17) is 0 Å². The molecule has 0 bridgehead atoms. The standard InChI is InChI=1S/C14H19Br2N3O/c1-2-5-19(11-7-17-8-11)9-14(20)18-13-4-3-10(15)6-12(13)16/h3-4,6,11,17H,2,5,7-9H2,1H3,(H,18,20). The number of rotatable bonds is 6. The highest BCUT2D eigenvalue weighted by Gasteiger charge is 2.25. The largest absolute Gasteiger partial charge is 0.324 e. The van der Waals surface area contributed by atoms with Gasteiger partial charge in [-0.25, -0.2) is 0 Å². The summed E-state index contributed by atoms with van der Waals surface area (Å²) in [6.45, 7) is 5.51. The van der Waals surface area contributed by atoms with Crippen molar-refractivity contribution in [3.05, 3.63) is 27.1 Å². The van der Waals surface area contributed by atoms with Gasteiger partial charge in [0, 0.05) is 28.1 Å². The molecule has 0 spiro atoms. The third kappa shape index (κ3) is 4.28. The van der Waals surface area contributed by atoms with Gasteiger partial charge in [0.2, 0.25) is 5.91 Å². The number of benzene rings is 1. The quantitative estimate of drug-likeness (QED) is 0.766. The second kappa shape index (κ2) is 7.54. The van der Waals surface area contributed by atoms with Crippen LogP contribution < -0.4 is 10.6 Å². The Labute approximate surface area is 136 Å². The normalized spacial score (nSPS) is 15.2. The lowest BCUT2D eigenvalue weighted by Gasteiger charge is -2.37. The lowest BCUT2D eigenvalue weighted by molar-refractivity contribution is -0.118. The maximum atomic E-state index is 12.2. The molecule has 4 nitrogen and oxygen atoms in total. The van der Waals surface area contributed by atoms with Crippen LogP contribution >= 0.6 is 31.9 Å². The van der Waals surface area contributed by atoms with E-state index in [0.29, 0.717) is 12.6 Å². The molecule has 1 aliphatic rings. The number of carbonyl (C=O) groups excluding carboxylic acids is 1. The van der Waals surface area contributed by atoms with Crippen molar-refractivity contribution in [1.82, 2.24) is 10.2 Å². The number of halogens is 2. The lowest BCUT2D eigenvalue weighted by atomic mass is 10.1. The van der Waals surface area contributed by atoms with E-state index in [-0.39, 0.29) is 5.91 Å². The highest BCUT2D eigenvalue weighted by Crippen LogP contribution is 2.26. The summed E-state index contributed by atoms with van der Waals surface area (Å²) in [5, 5.41) is 6.21. The van der Waals surface area contributed by atoms with Gasteiger partial charge in [-0.15, -0.1) is 0 Å². The van der Waals surface area contributed by atoms with Gasteiger partial charge in [-0.2, -0.15) is 0 Å². The molecule has 2 N–H and O–H groups in total. The van der Waals surface area contributed by atoms with Crippen LogP contribution in [-0.2, 0) is 4.79 Å². The zero-order valence-corrected chi connectivity index (χ0v) is 14.6. The van der Waals surface area contributed by atoms with Gasteiger partial charge >= 0.3 is 0 Å². The molecule has 1 saturated heterocycles. The van der Waals surface area contributed by atoms with Crippen molar-refractivity contribution in [3.8, 4) is 0 Å². The summed E-state index contributed by atoms with van der Waals surface area (Å²) in [6.07, 6.45) is 1.06. The van der Waals surface area contributed by atoms with E-state index in [0.717, 1.165) is 40.7 Å². The third-order valence-corrected chi connectivity index (χ3v) is 4.49. The molecule has 20 heavy (non-hydrogen) atoms. The first-order chi connectivity index (χ1) is 9.60. The van der Waals surface area contributed by atoms with Gasteiger partial charge in [0.25, 0.3) is 0 Å². The molecule has 6 heteroatoms. The van der Waals surface area contributed by atoms with E-state index in [1.54, 1.807) is 0 Å². The molecule has 110 valence electrons. The molecule has 2 rings (SSSR count). The van der Waals surface area contributed by atoms with E-state index in [2.05, 4.69) is 54.3 Å². The van der Waals surface area contributed by atoms with E-state index in [1.165, 1.54) is 0 Å². The Bertz CT molecular complexity index is 477. The van der Waals surface area contributed by atoms with E-state index >= 15 is 0 Å². The Hall–Kier alpha value is -0.430. The number of amides is 1. The molecule has 0 aromatic heterocycles. The van der Waals surface area contributed by atoms with Crippen molar-refractivity contribution in [2.45, 2.75) is 19.4 Å². The average Bonchev–Trinajstić information content (AvgIpc) is 2.31. The van der Waals surface area contributed by atoms with Crippen LogP contribution in [0.4, 0.5) is 5.69 Å². The molecule has 0 saturated carbocycles. The van der Waals surface area contributed by atoms with E-state index in [1.807, 2.05) is 18.2 Å². The molecular formula is C14H19Br2N3O. The molecular weight excluding hydrogens is 386 g/mol. The monoisotopic (exact) mass is 403 g/mol. The van der Waals surface area contributed by atoms with Gasteiger partial charge in [-0.05, 0) is 47.1 Å². The fourth-order valence-electron chi connectivity index (χ4n) is 2.17. The van der Waals surface area contributed by atoms with Crippen molar-refractivity contribution in [2.75, 3.05) is 31.5 Å². The van der Waals surface area contributed by atoms with Crippen LogP contribution in [0, 0.1) is 0 Å². The summed E-state index contributed by atoms with van der Waals surface area (Å²) in [5.41, 5.74) is 0.807. The van der Waals surface area contributed by atoms with Gasteiger partial charge in [0.05, 0.1) is 12.2 Å². The van der Waals surface area contributed by atoms with Crippen LogP contribution in [0.1, 0.15) is 13.3 Å². The molecule has 1 heterocycles. The first-order valence-electron chi connectivity index (χ1n) is 6.80. The van der Waals surface area contributed by atoms with Gasteiger partial charge < -0.3 is 10.6 Å². The van der Waals surface area contributed by atoms with Crippen molar-refractivity contribution >= 4 is 43.5 Å². The van der Waals surface area contributed by atoms with Crippen LogP contribution in [0.15, 0.2) is 27.1 Å². The Kier molecular flexibility index (Phi) is 6.01. The molecule has 1 aromatic carbocycles. The van der Waals surface area contributed by atoms with Crippen LogP contribution in [0.3, 0.4) is 0 Å². The van der Waals surface area contributed by atoms with Crippen molar-refractivity contribution < 1.29 is 4.79 Å².